The predicted molar refractivity (Wildman–Crippen MR) is 114 cm³/mol. The Kier molecular flexibility index (Phi) is 3.66. The second-order valence-corrected chi connectivity index (χ2v) is 10.3. The van der Waals surface area contributed by atoms with Gasteiger partial charge in [0.15, 0.2) is 0 Å². The number of H-pyrrole nitrogens is 1. The number of nitrogens with one attached hydrogen (secondary N) is 1. The number of para-hydroxylation sites is 1. The Hall–Kier alpha value is -2.07. The molecule has 2 atom stereocenters. The zero-order chi connectivity index (χ0) is 19.8. The Labute approximate surface area is 172 Å². The third kappa shape index (κ3) is 2.44. The number of nitrogens with zero attached hydrogens (tertiary/aromatic N) is 1. The van der Waals surface area contributed by atoms with E-state index in [1.54, 1.807) is 0 Å². The van der Waals surface area contributed by atoms with Crippen LogP contribution < -0.4 is 0 Å². The van der Waals surface area contributed by atoms with E-state index >= 15 is 0 Å². The van der Waals surface area contributed by atoms with Crippen LogP contribution in [0.4, 0.5) is 0 Å². The van der Waals surface area contributed by atoms with Gasteiger partial charge in [-0.15, -0.1) is 0 Å². The molecular formula is C25H30N2O2. The highest BCUT2D eigenvalue weighted by Gasteiger charge is 2.71. The Morgan fingerprint density at radius 2 is 1.93 bits per heavy atom. The summed E-state index contributed by atoms with van der Waals surface area (Å²) in [6.45, 7) is 2.43. The minimum absolute atomic E-state index is 0.145. The number of carboxylic acids is 1. The molecule has 1 aromatic carbocycles. The van der Waals surface area contributed by atoms with Gasteiger partial charge in [0.05, 0.1) is 6.04 Å². The van der Waals surface area contributed by atoms with Crippen molar-refractivity contribution in [3.63, 3.8) is 0 Å². The lowest BCUT2D eigenvalue weighted by Crippen LogP contribution is -2.68. The maximum Gasteiger partial charge on any atom is 0.327 e. The molecule has 2 bridgehead atoms. The van der Waals surface area contributed by atoms with Gasteiger partial charge in [-0.1, -0.05) is 37.1 Å². The van der Waals surface area contributed by atoms with Gasteiger partial charge in [0.25, 0.3) is 0 Å². The van der Waals surface area contributed by atoms with Gasteiger partial charge >= 0.3 is 5.97 Å². The largest absolute Gasteiger partial charge is 0.478 e. The van der Waals surface area contributed by atoms with Gasteiger partial charge in [-0.2, -0.15) is 0 Å². The van der Waals surface area contributed by atoms with Gasteiger partial charge in [0.1, 0.15) is 0 Å². The summed E-state index contributed by atoms with van der Waals surface area (Å²) in [7, 11) is 0. The molecule has 2 aromatic rings. The summed E-state index contributed by atoms with van der Waals surface area (Å²) < 4.78 is 0. The van der Waals surface area contributed by atoms with Crippen molar-refractivity contribution < 1.29 is 9.90 Å². The van der Waals surface area contributed by atoms with Crippen molar-refractivity contribution in [1.29, 1.82) is 0 Å². The monoisotopic (exact) mass is 390 g/mol. The number of aromatic nitrogens is 1. The average molecular weight is 391 g/mol. The molecule has 152 valence electrons. The number of aliphatic carboxylic acids is 1. The molecule has 0 saturated heterocycles. The smallest absolute Gasteiger partial charge is 0.327 e. The van der Waals surface area contributed by atoms with Crippen molar-refractivity contribution in [2.45, 2.75) is 76.4 Å². The first-order valence-electron chi connectivity index (χ1n) is 11.3. The van der Waals surface area contributed by atoms with E-state index in [9.17, 15) is 4.79 Å². The SMILES string of the molecule is CC1Cc2c([nH]c3ccccc23)C(C23CC(/C=C/C(=O)O)(C2)C3)N1C1CCCC1. The van der Waals surface area contributed by atoms with Crippen LogP contribution in [0, 0.1) is 10.8 Å². The van der Waals surface area contributed by atoms with Crippen LogP contribution in [0.25, 0.3) is 10.9 Å². The lowest BCUT2D eigenvalue weighted by atomic mass is 9.32. The molecule has 5 aliphatic rings. The van der Waals surface area contributed by atoms with Crippen molar-refractivity contribution in [3.8, 4) is 0 Å². The average Bonchev–Trinajstić information content (AvgIpc) is 3.27. The Bertz CT molecular complexity index is 993. The van der Waals surface area contributed by atoms with E-state index in [2.05, 4.69) is 41.1 Å². The predicted octanol–water partition coefficient (Wildman–Crippen LogP) is 5.21. The minimum atomic E-state index is -0.819. The number of fused-ring (bicyclic) bond motifs is 3. The number of carboxylic acid groups (broad SMARTS) is 1. The van der Waals surface area contributed by atoms with Gasteiger partial charge in [-0.3, -0.25) is 4.90 Å². The van der Waals surface area contributed by atoms with Crippen LogP contribution in [0.1, 0.15) is 69.2 Å². The molecule has 0 radical (unpaired) electrons. The number of carbonyl (C=O) groups is 1. The molecule has 7 rings (SSSR count). The molecule has 2 N–H and O–H groups in total. The summed E-state index contributed by atoms with van der Waals surface area (Å²) in [4.78, 5) is 17.7. The summed E-state index contributed by atoms with van der Waals surface area (Å²) in [5, 5.41) is 10.5. The fraction of sp³-hybridized carbons (Fsp3) is 0.560. The van der Waals surface area contributed by atoms with E-state index in [-0.39, 0.29) is 5.41 Å². The first-order chi connectivity index (χ1) is 14.0. The van der Waals surface area contributed by atoms with Gasteiger partial charge in [0.2, 0.25) is 0 Å². The number of hydrogen-bond acceptors (Lipinski definition) is 2. The van der Waals surface area contributed by atoms with Gasteiger partial charge in [0, 0.05) is 34.8 Å². The van der Waals surface area contributed by atoms with Gasteiger partial charge in [-0.05, 0) is 67.9 Å². The molecule has 4 saturated carbocycles. The van der Waals surface area contributed by atoms with Crippen molar-refractivity contribution >= 4 is 16.9 Å². The van der Waals surface area contributed by atoms with Crippen LogP contribution in [0.15, 0.2) is 36.4 Å². The molecule has 1 aromatic heterocycles. The van der Waals surface area contributed by atoms with Crippen molar-refractivity contribution in [2.24, 2.45) is 10.8 Å². The molecule has 2 unspecified atom stereocenters. The summed E-state index contributed by atoms with van der Waals surface area (Å²) in [5.74, 6) is -0.819. The number of rotatable bonds is 4. The van der Waals surface area contributed by atoms with E-state index in [0.717, 1.165) is 25.7 Å². The van der Waals surface area contributed by atoms with Gasteiger partial charge in [-0.25, -0.2) is 4.79 Å². The molecule has 4 fully saturated rings. The summed E-state index contributed by atoms with van der Waals surface area (Å²) >= 11 is 0. The second-order valence-electron chi connectivity index (χ2n) is 10.3. The zero-order valence-electron chi connectivity index (χ0n) is 17.2. The maximum absolute atomic E-state index is 11.0. The van der Waals surface area contributed by atoms with Crippen molar-refractivity contribution in [2.75, 3.05) is 0 Å². The number of benzene rings is 1. The number of allylic oxidation sites excluding steroid dienone is 1. The highest BCUT2D eigenvalue weighted by atomic mass is 16.4. The van der Waals surface area contributed by atoms with E-state index in [1.807, 2.05) is 6.08 Å². The minimum Gasteiger partial charge on any atom is -0.478 e. The lowest BCUT2D eigenvalue weighted by molar-refractivity contribution is -0.227. The summed E-state index contributed by atoms with van der Waals surface area (Å²) in [5.41, 5.74) is 4.73. The fourth-order valence-electron chi connectivity index (χ4n) is 7.54. The number of aromatic amines is 1. The van der Waals surface area contributed by atoms with Crippen LogP contribution in [-0.2, 0) is 11.2 Å². The standard InChI is InChI=1S/C25H30N2O2/c1-16-12-19-18-8-4-5-9-20(18)26-22(19)23(27(16)17-6-2-3-7-17)25-13-24(14-25,15-25)11-10-21(28)29/h4-5,8-11,16-17,23,26H,2-3,6-7,12-15H2,1H3,(H,28,29)/b11-10+. The zero-order valence-corrected chi connectivity index (χ0v) is 17.2. The first-order valence-corrected chi connectivity index (χ1v) is 11.3. The lowest BCUT2D eigenvalue weighted by Gasteiger charge is -2.74. The van der Waals surface area contributed by atoms with Crippen LogP contribution in [0.2, 0.25) is 0 Å². The van der Waals surface area contributed by atoms with E-state index in [4.69, 9.17) is 5.11 Å². The molecule has 29 heavy (non-hydrogen) atoms. The maximum atomic E-state index is 11.0. The summed E-state index contributed by atoms with van der Waals surface area (Å²) in [6.07, 6.45) is 13.3. The molecule has 0 spiro atoms. The fourth-order valence-corrected chi connectivity index (χ4v) is 7.54. The molecular weight excluding hydrogens is 360 g/mol. The van der Waals surface area contributed by atoms with Crippen LogP contribution in [-0.4, -0.2) is 33.0 Å². The normalized spacial score (nSPS) is 36.9. The molecule has 4 nitrogen and oxygen atoms in total. The molecule has 0 amide bonds. The topological polar surface area (TPSA) is 56.3 Å². The summed E-state index contributed by atoms with van der Waals surface area (Å²) in [6, 6.07) is 10.5. The van der Waals surface area contributed by atoms with Crippen LogP contribution >= 0.6 is 0 Å². The van der Waals surface area contributed by atoms with Crippen LogP contribution in [0.5, 0.6) is 0 Å². The third-order valence-corrected chi connectivity index (χ3v) is 8.44. The van der Waals surface area contributed by atoms with E-state index < -0.39 is 5.97 Å². The Balaban J connectivity index is 1.41. The van der Waals surface area contributed by atoms with E-state index in [0.29, 0.717) is 23.5 Å². The highest BCUT2D eigenvalue weighted by molar-refractivity contribution is 5.85. The first kappa shape index (κ1) is 17.8. The Morgan fingerprint density at radius 1 is 1.21 bits per heavy atom. The highest BCUT2D eigenvalue weighted by Crippen LogP contribution is 2.79. The molecule has 4 heteroatoms. The Morgan fingerprint density at radius 3 is 2.66 bits per heavy atom. The molecule has 1 aliphatic heterocycles. The molecule has 4 aliphatic carbocycles. The third-order valence-electron chi connectivity index (χ3n) is 8.44. The van der Waals surface area contributed by atoms with Crippen molar-refractivity contribution in [3.05, 3.63) is 47.7 Å². The number of hydrogen-bond donors (Lipinski definition) is 2. The second kappa shape index (κ2) is 5.98. The van der Waals surface area contributed by atoms with E-state index in [1.165, 1.54) is 53.9 Å². The van der Waals surface area contributed by atoms with Crippen LogP contribution in [0.3, 0.4) is 0 Å². The quantitative estimate of drug-likeness (QED) is 0.705. The molecule has 2 heterocycles. The van der Waals surface area contributed by atoms with Crippen molar-refractivity contribution in [1.82, 2.24) is 9.88 Å². The van der Waals surface area contributed by atoms with Gasteiger partial charge < -0.3 is 10.1 Å².